The van der Waals surface area contributed by atoms with Crippen LogP contribution in [0.15, 0.2) is 0 Å². The van der Waals surface area contributed by atoms with E-state index in [0.29, 0.717) is 11.5 Å². The summed E-state index contributed by atoms with van der Waals surface area (Å²) in [6, 6.07) is 0. The van der Waals surface area contributed by atoms with Crippen LogP contribution in [0.3, 0.4) is 0 Å². The van der Waals surface area contributed by atoms with E-state index in [1.165, 1.54) is 0 Å². The first-order valence-corrected chi connectivity index (χ1v) is 4.36. The Balaban J connectivity index is -0.00000000314. The maximum absolute atomic E-state index is 8.00. The summed E-state index contributed by atoms with van der Waals surface area (Å²) >= 11 is 8.98. The topological polar surface area (TPSA) is 72.0 Å². The number of aliphatic hydroxyl groups is 2. The van der Waals surface area contributed by atoms with Gasteiger partial charge in [0.05, 0.1) is 0 Å². The molecule has 0 spiro atoms. The zero-order valence-corrected chi connectivity index (χ0v) is 35.1. The summed E-state index contributed by atoms with van der Waals surface area (Å²) in [6.07, 6.45) is 1.52. The molecule has 0 aliphatic heterocycles. The zero-order valence-electron chi connectivity index (χ0n) is 15.3. The molecule has 0 heterocycles. The minimum atomic E-state index is 0. The number of rotatable bonds is 4. The van der Waals surface area contributed by atoms with Crippen molar-refractivity contribution in [2.75, 3.05) is 24.7 Å². The molecule has 0 saturated heterocycles. The third-order valence-corrected chi connectivity index (χ3v) is 1.18. The molecule has 0 aliphatic carbocycles. The Morgan fingerprint density at radius 1 is 0.500 bits per heavy atom. The van der Waals surface area contributed by atoms with Gasteiger partial charge in [0.15, 0.2) is 0 Å². The second kappa shape index (κ2) is 123. The minimum absolute atomic E-state index is 0. The molecule has 22 heavy (non-hydrogen) atoms. The third-order valence-electron chi connectivity index (χ3n) is 0.605. The zero-order chi connectivity index (χ0) is 8.24. The maximum Gasteiger partial charge on any atom is 0.0412 e. The molecule has 0 aromatic rings. The predicted molar refractivity (Wildman–Crippen MR) is 90.0 cm³/mol. The fraction of sp³-hybridized carbons (Fsp3) is 0.500. The van der Waals surface area contributed by atoms with Crippen LogP contribution in [0.4, 0.5) is 0 Å². The van der Waals surface area contributed by atoms with Crippen molar-refractivity contribution in [2.45, 2.75) is 12.8 Å². The van der Waals surface area contributed by atoms with Crippen molar-refractivity contribution < 1.29 is 194 Å². The van der Waals surface area contributed by atoms with Gasteiger partial charge in [-0.15, -0.1) is 0 Å². The van der Waals surface area contributed by atoms with Crippen LogP contribution in [0.25, 0.3) is 0 Å². The Morgan fingerprint density at radius 3 is 0.636 bits per heavy atom. The molecule has 0 aromatic carbocycles. The summed E-state index contributed by atoms with van der Waals surface area (Å²) in [6.45, 7) is 0.479. The second-order valence-electron chi connectivity index (χ2n) is 1.56. The molecule has 3 nitrogen and oxygen atoms in total. The van der Waals surface area contributed by atoms with Gasteiger partial charge in [-0.3, -0.25) is 0 Å². The van der Waals surface area contributed by atoms with Gasteiger partial charge in [0, 0.05) is 191 Å². The Bertz CT molecular complexity index is 57.7. The van der Waals surface area contributed by atoms with Gasteiger partial charge in [-0.2, -0.15) is 11.5 Å². The first-order chi connectivity index (χ1) is 4.83. The molecule has 0 bridgehead atoms. The molecule has 10 heteroatoms. The third kappa shape index (κ3) is 156. The van der Waals surface area contributed by atoms with E-state index in [2.05, 4.69) is 25.3 Å². The molecular weight excluding hydrogens is 951 g/mol. The predicted octanol–water partition coefficient (Wildman–Crippen LogP) is 1.71. The van der Waals surface area contributed by atoms with Crippen LogP contribution in [-0.4, -0.2) is 40.4 Å². The molecule has 0 unspecified atom stereocenters. The van der Waals surface area contributed by atoms with Gasteiger partial charge >= 0.3 is 0 Å². The Kier molecular flexibility index (Phi) is 573. The Hall–Kier alpha value is 6.55. The van der Waals surface area contributed by atoms with Crippen molar-refractivity contribution in [3.8, 4) is 0 Å². The molecular formula is C12H34La5O3S2-8. The van der Waals surface area contributed by atoms with Crippen LogP contribution in [0.2, 0.25) is 0 Å². The van der Waals surface area contributed by atoms with Gasteiger partial charge in [0.2, 0.25) is 0 Å². The van der Waals surface area contributed by atoms with Crippen LogP contribution in [0.5, 0.6) is 0 Å². The first kappa shape index (κ1) is 102. The van der Waals surface area contributed by atoms with Gasteiger partial charge in [0.1, 0.15) is 0 Å². The second-order valence-corrected chi connectivity index (χ2v) is 2.38. The molecule has 0 rings (SSSR count). The minimum Gasteiger partial charge on any atom is -0.793 e. The summed E-state index contributed by atoms with van der Waals surface area (Å²) in [5, 5.41) is 16.0. The van der Waals surface area contributed by atoms with Gasteiger partial charge in [0.25, 0.3) is 0 Å². The fourth-order valence-corrected chi connectivity index (χ4v) is 0.387. The molecule has 0 fully saturated rings. The van der Waals surface area contributed by atoms with E-state index in [9.17, 15) is 0 Å². The van der Waals surface area contributed by atoms with Gasteiger partial charge in [-0.05, 0) is 0 Å². The molecule has 135 valence electrons. The normalized spacial score (nSPS) is 3.82. The molecule has 0 atom stereocenters. The standard InChI is InChI=1S/2C3H8OS.6CH3.5La.H2O/c2*4-2-1-3-5;;;;;;;;;;;;/h2*4-5H,1-3H2;6*1H3;;;;;;1H2/q;;6*-1;;;;;;/p-2. The SMILES string of the molecule is O.OCCC[S-].OCCC[S-].[CH3-].[CH3-].[CH3-].[CH3-].[CH3-].[CH3-].[La].[La].[La].[La].[La]. The fourth-order valence-electron chi connectivity index (χ4n) is 0.129. The van der Waals surface area contributed by atoms with E-state index in [0.717, 1.165) is 12.8 Å². The van der Waals surface area contributed by atoms with Crippen LogP contribution < -0.4 is 0 Å². The average molecular weight is 985 g/mol. The van der Waals surface area contributed by atoms with E-state index in [4.69, 9.17) is 10.2 Å². The summed E-state index contributed by atoms with van der Waals surface area (Å²) in [5.41, 5.74) is 0. The van der Waals surface area contributed by atoms with Crippen molar-refractivity contribution >= 4 is 25.3 Å². The summed E-state index contributed by atoms with van der Waals surface area (Å²) in [4.78, 5) is 0. The van der Waals surface area contributed by atoms with Crippen molar-refractivity contribution in [2.24, 2.45) is 0 Å². The molecule has 0 amide bonds. The molecule has 0 aromatic heterocycles. The van der Waals surface area contributed by atoms with Crippen LogP contribution in [0, 0.1) is 223 Å². The van der Waals surface area contributed by atoms with E-state index >= 15 is 0 Å². The Morgan fingerprint density at radius 2 is 0.636 bits per heavy atom. The van der Waals surface area contributed by atoms with Crippen molar-refractivity contribution in [1.82, 2.24) is 0 Å². The number of hydrogen-bond donors (Lipinski definition) is 2. The van der Waals surface area contributed by atoms with Crippen molar-refractivity contribution in [3.05, 3.63) is 44.6 Å². The van der Waals surface area contributed by atoms with Crippen LogP contribution in [-0.2, 0) is 25.3 Å². The monoisotopic (exact) mass is 985 g/mol. The molecule has 0 aliphatic rings. The largest absolute Gasteiger partial charge is 0.793 e. The average Bonchev–Trinajstić information content (AvgIpc) is 1.93. The van der Waals surface area contributed by atoms with Crippen LogP contribution >= 0.6 is 0 Å². The first-order valence-electron chi connectivity index (χ1n) is 3.21. The quantitative estimate of drug-likeness (QED) is 0.333. The number of hydrogen-bond acceptors (Lipinski definition) is 4. The summed E-state index contributed by atoms with van der Waals surface area (Å²) in [7, 11) is 0. The summed E-state index contributed by atoms with van der Waals surface area (Å²) < 4.78 is 0. The van der Waals surface area contributed by atoms with Crippen molar-refractivity contribution in [3.63, 3.8) is 0 Å². The molecule has 0 saturated carbocycles. The maximum atomic E-state index is 8.00. The van der Waals surface area contributed by atoms with E-state index < -0.39 is 0 Å². The van der Waals surface area contributed by atoms with Gasteiger partial charge in [-0.25, -0.2) is 0 Å². The van der Waals surface area contributed by atoms with Crippen LogP contribution in [0.1, 0.15) is 12.8 Å². The van der Waals surface area contributed by atoms with E-state index in [1.54, 1.807) is 0 Å². The van der Waals surface area contributed by atoms with Gasteiger partial charge in [-0.1, -0.05) is 12.8 Å². The smallest absolute Gasteiger partial charge is 0.0412 e. The van der Waals surface area contributed by atoms with Gasteiger partial charge < -0.3 is 85.5 Å². The summed E-state index contributed by atoms with van der Waals surface area (Å²) in [5.74, 6) is 1.35. The van der Waals surface area contributed by atoms with E-state index in [1.807, 2.05) is 0 Å². The Labute approximate surface area is 294 Å². The number of aliphatic hydroxyl groups excluding tert-OH is 2. The van der Waals surface area contributed by atoms with E-state index in [-0.39, 0.29) is 241 Å². The van der Waals surface area contributed by atoms with Crippen molar-refractivity contribution in [1.29, 1.82) is 0 Å². The molecule has 4 N–H and O–H groups in total. The molecule has 5 radical (unpaired) electrons.